The minimum absolute atomic E-state index is 0.00129. The molecule has 3 N–H and O–H groups in total. The van der Waals surface area contributed by atoms with Gasteiger partial charge in [0.2, 0.25) is 0 Å². The number of H-pyrrole nitrogens is 1. The van der Waals surface area contributed by atoms with Crippen molar-refractivity contribution >= 4 is 22.2 Å². The number of alkyl carbamates (subject to hydrolysis) is 2. The highest BCUT2D eigenvalue weighted by molar-refractivity contribution is 7.89. The molecule has 4 aromatic rings. The summed E-state index contributed by atoms with van der Waals surface area (Å²) in [5.41, 5.74) is 2.33. The molecule has 21 heteroatoms. The van der Waals surface area contributed by atoms with E-state index in [0.717, 1.165) is 70.1 Å². The summed E-state index contributed by atoms with van der Waals surface area (Å²) in [5.74, 6) is -2.36. The molecule has 0 unspecified atom stereocenters. The standard InChI is InChI=1S/C22H28F2N4O5S.C21H26F2N4O3/c1-22(2,3)33-21(29)25-18-8-15(12-32-20(18)16-7-14(23)5-6-17(16)24)27-9-13-10-28(34(4,30)31)26-19(13)11-27;1-21(2,3)30-20(28)25-17-7-14(27-9-12-8-24-26-18(12)10-27)11-29-19(17)15-6-13(22)4-5-16(15)23/h5-7,10,15,18,20H,8-9,11-12H2,1-4H3,(H,25,29);4-6,8,14,17,19H,7,9-11H2,1-3H3,(H,24,26)(H,25,28)/t15-,18+,20-;14-,17+,19-/m11/s1. The molecule has 0 bridgehead atoms. The molecule has 64 heavy (non-hydrogen) atoms. The number of aromatic nitrogens is 4. The Morgan fingerprint density at radius 3 is 1.69 bits per heavy atom. The quantitative estimate of drug-likeness (QED) is 0.181. The first-order valence-electron chi connectivity index (χ1n) is 20.9. The molecular formula is C43H54F4N8O8S. The van der Waals surface area contributed by atoms with Gasteiger partial charge in [0.05, 0.1) is 49.1 Å². The third-order valence-corrected chi connectivity index (χ3v) is 12.0. The molecular weight excluding hydrogens is 865 g/mol. The highest BCUT2D eigenvalue weighted by atomic mass is 32.2. The molecule has 2 aromatic heterocycles. The number of rotatable bonds is 7. The van der Waals surface area contributed by atoms with Gasteiger partial charge in [-0.25, -0.2) is 35.6 Å². The van der Waals surface area contributed by atoms with Crippen molar-refractivity contribution in [1.29, 1.82) is 0 Å². The van der Waals surface area contributed by atoms with Gasteiger partial charge < -0.3 is 29.6 Å². The average Bonchev–Trinajstić information content (AvgIpc) is 3.98. The fraction of sp³-hybridized carbons (Fsp3) is 0.535. The first-order valence-corrected chi connectivity index (χ1v) is 22.7. The number of hydrogen-bond donors (Lipinski definition) is 3. The van der Waals surface area contributed by atoms with Crippen LogP contribution in [0.5, 0.6) is 0 Å². The van der Waals surface area contributed by atoms with Crippen molar-refractivity contribution < 1.29 is 54.5 Å². The number of halogens is 4. The van der Waals surface area contributed by atoms with Gasteiger partial charge in [-0.3, -0.25) is 14.9 Å². The van der Waals surface area contributed by atoms with Crippen LogP contribution in [0.15, 0.2) is 48.8 Å². The summed E-state index contributed by atoms with van der Waals surface area (Å²) in [4.78, 5) is 29.2. The molecule has 8 rings (SSSR count). The number of carbonyl (C=O) groups excluding carboxylic acids is 2. The Bertz CT molecular complexity index is 2410. The minimum Gasteiger partial charge on any atom is -0.444 e. The van der Waals surface area contributed by atoms with E-state index in [1.165, 1.54) is 6.20 Å². The van der Waals surface area contributed by atoms with Crippen LogP contribution in [-0.2, 0) is 55.1 Å². The van der Waals surface area contributed by atoms with Crippen LogP contribution in [0, 0.1) is 23.3 Å². The Kier molecular flexibility index (Phi) is 13.5. The molecule has 2 saturated heterocycles. The first kappa shape index (κ1) is 46.9. The molecule has 0 radical (unpaired) electrons. The summed E-state index contributed by atoms with van der Waals surface area (Å²) >= 11 is 0. The van der Waals surface area contributed by atoms with E-state index in [-0.39, 0.29) is 29.8 Å². The van der Waals surface area contributed by atoms with Gasteiger partial charge in [-0.05, 0) is 90.8 Å². The summed E-state index contributed by atoms with van der Waals surface area (Å²) < 4.78 is 104. The van der Waals surface area contributed by atoms with Crippen LogP contribution in [-0.4, -0.2) is 105 Å². The Balaban J connectivity index is 0.000000193. The van der Waals surface area contributed by atoms with Gasteiger partial charge in [0, 0.05) is 66.7 Å². The lowest BCUT2D eigenvalue weighted by Crippen LogP contribution is -2.52. The maximum absolute atomic E-state index is 14.5. The zero-order valence-electron chi connectivity index (χ0n) is 36.7. The molecule has 6 heterocycles. The number of ether oxygens (including phenoxy) is 4. The number of carbonyl (C=O) groups is 2. The van der Waals surface area contributed by atoms with Crippen molar-refractivity contribution in [1.82, 2.24) is 39.8 Å². The van der Waals surface area contributed by atoms with Gasteiger partial charge in [0.15, 0.2) is 0 Å². The molecule has 0 saturated carbocycles. The second-order valence-electron chi connectivity index (χ2n) is 18.5. The monoisotopic (exact) mass is 918 g/mol. The van der Waals surface area contributed by atoms with Crippen LogP contribution < -0.4 is 10.6 Å². The van der Waals surface area contributed by atoms with Crippen LogP contribution >= 0.6 is 0 Å². The molecule has 16 nitrogen and oxygen atoms in total. The van der Waals surface area contributed by atoms with Crippen LogP contribution in [0.2, 0.25) is 0 Å². The summed E-state index contributed by atoms with van der Waals surface area (Å²) in [6.07, 6.45) is 2.27. The van der Waals surface area contributed by atoms with Crippen molar-refractivity contribution in [2.75, 3.05) is 19.5 Å². The van der Waals surface area contributed by atoms with Gasteiger partial charge in [0.1, 0.15) is 46.7 Å². The number of fused-ring (bicyclic) bond motifs is 2. The van der Waals surface area contributed by atoms with Crippen LogP contribution in [0.1, 0.15) is 100 Å². The smallest absolute Gasteiger partial charge is 0.407 e. The van der Waals surface area contributed by atoms with E-state index >= 15 is 0 Å². The highest BCUT2D eigenvalue weighted by Gasteiger charge is 2.42. The molecule has 348 valence electrons. The fourth-order valence-corrected chi connectivity index (χ4v) is 8.90. The summed E-state index contributed by atoms with van der Waals surface area (Å²) in [6.45, 7) is 13.3. The van der Waals surface area contributed by atoms with E-state index in [1.54, 1.807) is 47.7 Å². The van der Waals surface area contributed by atoms with Gasteiger partial charge in [-0.1, -0.05) is 0 Å². The molecule has 2 amide bonds. The van der Waals surface area contributed by atoms with Gasteiger partial charge >= 0.3 is 12.2 Å². The highest BCUT2D eigenvalue weighted by Crippen LogP contribution is 2.37. The molecule has 6 atom stereocenters. The Morgan fingerprint density at radius 1 is 0.750 bits per heavy atom. The second-order valence-corrected chi connectivity index (χ2v) is 20.4. The van der Waals surface area contributed by atoms with E-state index in [2.05, 4.69) is 35.7 Å². The van der Waals surface area contributed by atoms with E-state index in [1.807, 2.05) is 0 Å². The predicted octanol–water partition coefficient (Wildman–Crippen LogP) is 6.14. The van der Waals surface area contributed by atoms with Crippen molar-refractivity contribution in [3.8, 4) is 0 Å². The maximum Gasteiger partial charge on any atom is 0.407 e. The number of hydrogen-bond acceptors (Lipinski definition) is 12. The average molecular weight is 919 g/mol. The van der Waals surface area contributed by atoms with Gasteiger partial charge in [-0.15, -0.1) is 0 Å². The largest absolute Gasteiger partial charge is 0.444 e. The third-order valence-electron chi connectivity index (χ3n) is 11.1. The van der Waals surface area contributed by atoms with E-state index in [4.69, 9.17) is 18.9 Å². The molecule has 4 aliphatic heterocycles. The SMILES string of the molecule is CC(C)(C)OC(=O)N[C@H]1C[C@@H](N2Cc3cn(S(C)(=O)=O)nc3C2)CO[C@@H]1c1cc(F)ccc1F.CC(C)(C)OC(=O)N[C@H]1C[C@@H](N2Cc3cn[nH]c3C2)CO[C@@H]1c1cc(F)ccc1F. The van der Waals surface area contributed by atoms with Crippen LogP contribution in [0.4, 0.5) is 27.2 Å². The topological polar surface area (TPSA) is 182 Å². The summed E-state index contributed by atoms with van der Waals surface area (Å²) in [6, 6.07) is 4.95. The van der Waals surface area contributed by atoms with Crippen molar-refractivity contribution in [3.63, 3.8) is 0 Å². The van der Waals surface area contributed by atoms with Gasteiger partial charge in [0.25, 0.3) is 10.0 Å². The molecule has 0 aliphatic carbocycles. The van der Waals surface area contributed by atoms with E-state index in [9.17, 15) is 35.6 Å². The maximum atomic E-state index is 14.5. The van der Waals surface area contributed by atoms with Crippen LogP contribution in [0.3, 0.4) is 0 Å². The Hall–Kier alpha value is -5.09. The van der Waals surface area contributed by atoms with Crippen molar-refractivity contribution in [2.45, 2.75) is 128 Å². The number of nitrogens with one attached hydrogen (secondary N) is 3. The number of aromatic amines is 1. The second kappa shape index (κ2) is 18.4. The molecule has 2 fully saturated rings. The van der Waals surface area contributed by atoms with Gasteiger partial charge in [-0.2, -0.15) is 14.3 Å². The fourth-order valence-electron chi connectivity index (χ4n) is 8.33. The van der Waals surface area contributed by atoms with E-state index < -0.39 is 81.0 Å². The van der Waals surface area contributed by atoms with Crippen LogP contribution in [0.25, 0.3) is 0 Å². The summed E-state index contributed by atoms with van der Waals surface area (Å²) in [7, 11) is -3.47. The van der Waals surface area contributed by atoms with Crippen molar-refractivity contribution in [2.24, 2.45) is 0 Å². The number of nitrogens with zero attached hydrogens (tertiary/aromatic N) is 5. The predicted molar refractivity (Wildman–Crippen MR) is 223 cm³/mol. The molecule has 0 spiro atoms. The number of amides is 2. The third kappa shape index (κ3) is 11.4. The lowest BCUT2D eigenvalue weighted by atomic mass is 9.92. The summed E-state index contributed by atoms with van der Waals surface area (Å²) in [5, 5.41) is 16.8. The Labute approximate surface area is 369 Å². The first-order chi connectivity index (χ1) is 30.0. The van der Waals surface area contributed by atoms with Crippen molar-refractivity contribution in [3.05, 3.63) is 106 Å². The normalized spacial score (nSPS) is 24.0. The molecule has 2 aromatic carbocycles. The Morgan fingerprint density at radius 2 is 1.23 bits per heavy atom. The molecule has 4 aliphatic rings. The zero-order valence-corrected chi connectivity index (χ0v) is 37.5. The number of benzene rings is 2. The minimum atomic E-state index is -3.47. The lowest BCUT2D eigenvalue weighted by molar-refractivity contribution is -0.0629. The lowest BCUT2D eigenvalue weighted by Gasteiger charge is -2.40. The van der Waals surface area contributed by atoms with E-state index in [0.29, 0.717) is 44.8 Å². The zero-order chi connectivity index (χ0) is 46.3.